The number of para-hydroxylation sites is 2. The number of fused-ring (bicyclic) bond motifs is 1. The van der Waals surface area contributed by atoms with Crippen LogP contribution < -0.4 is 5.63 Å². The Kier molecular flexibility index (Phi) is 5.29. The number of aryl methyl sites for hydroxylation is 1. The maximum absolute atomic E-state index is 12.9. The number of aromatic nitrogens is 2. The lowest BCUT2D eigenvalue weighted by atomic mass is 10.0. The second kappa shape index (κ2) is 8.55. The quantitative estimate of drug-likeness (QED) is 0.198. The second-order valence-corrected chi connectivity index (χ2v) is 7.76. The third-order valence-corrected chi connectivity index (χ3v) is 5.41. The minimum atomic E-state index is -0.651. The fourth-order valence-electron chi connectivity index (χ4n) is 3.65. The monoisotopic (exact) mass is 432 g/mol. The molecule has 33 heavy (non-hydrogen) atoms. The number of carbonyl (C=O) groups is 1. The summed E-state index contributed by atoms with van der Waals surface area (Å²) >= 11 is 0. The first kappa shape index (κ1) is 20.4. The van der Waals surface area contributed by atoms with Crippen LogP contribution in [0.25, 0.3) is 34.0 Å². The molecule has 3 aromatic carbocycles. The molecule has 5 heteroatoms. The zero-order valence-electron chi connectivity index (χ0n) is 17.9. The van der Waals surface area contributed by atoms with Crippen molar-refractivity contribution in [1.29, 1.82) is 0 Å². The van der Waals surface area contributed by atoms with Gasteiger partial charge in [0.1, 0.15) is 11.1 Å². The molecule has 0 unspecified atom stereocenters. The van der Waals surface area contributed by atoms with E-state index in [0.29, 0.717) is 11.0 Å². The summed E-state index contributed by atoms with van der Waals surface area (Å²) in [7, 11) is 0. The van der Waals surface area contributed by atoms with E-state index < -0.39 is 11.4 Å². The van der Waals surface area contributed by atoms with Crippen LogP contribution in [0, 0.1) is 6.92 Å². The highest BCUT2D eigenvalue weighted by Gasteiger charge is 2.14. The van der Waals surface area contributed by atoms with E-state index >= 15 is 0 Å². The van der Waals surface area contributed by atoms with Gasteiger partial charge in [0.25, 0.3) is 0 Å². The van der Waals surface area contributed by atoms with E-state index in [9.17, 15) is 9.59 Å². The third-order valence-electron chi connectivity index (χ3n) is 5.41. The molecule has 0 saturated heterocycles. The van der Waals surface area contributed by atoms with Gasteiger partial charge in [-0.2, -0.15) is 5.10 Å². The van der Waals surface area contributed by atoms with Crippen LogP contribution in [0.5, 0.6) is 0 Å². The Morgan fingerprint density at radius 2 is 1.67 bits per heavy atom. The van der Waals surface area contributed by atoms with Crippen LogP contribution in [0.3, 0.4) is 0 Å². The number of carbonyl (C=O) groups excluding carboxylic acids is 1. The molecule has 0 bridgehead atoms. The van der Waals surface area contributed by atoms with Gasteiger partial charge in [-0.25, -0.2) is 9.48 Å². The first-order valence-corrected chi connectivity index (χ1v) is 10.6. The van der Waals surface area contributed by atoms with Crippen LogP contribution in [0.4, 0.5) is 0 Å². The molecule has 0 atom stereocenters. The van der Waals surface area contributed by atoms with Crippen LogP contribution >= 0.6 is 0 Å². The molecular formula is C28H20N2O3. The summed E-state index contributed by atoms with van der Waals surface area (Å²) in [6.45, 7) is 2.03. The van der Waals surface area contributed by atoms with E-state index in [1.54, 1.807) is 35.0 Å². The molecule has 0 N–H and O–H groups in total. The van der Waals surface area contributed by atoms with Crippen molar-refractivity contribution in [2.45, 2.75) is 6.92 Å². The molecule has 2 aromatic heterocycles. The minimum Gasteiger partial charge on any atom is -0.422 e. The molecule has 5 aromatic rings. The summed E-state index contributed by atoms with van der Waals surface area (Å²) in [4.78, 5) is 25.2. The highest BCUT2D eigenvalue weighted by atomic mass is 16.4. The zero-order chi connectivity index (χ0) is 22.8. The van der Waals surface area contributed by atoms with Gasteiger partial charge >= 0.3 is 5.63 Å². The van der Waals surface area contributed by atoms with Gasteiger partial charge in [-0.3, -0.25) is 4.79 Å². The van der Waals surface area contributed by atoms with Crippen LogP contribution in [0.1, 0.15) is 21.5 Å². The van der Waals surface area contributed by atoms with Crippen molar-refractivity contribution in [2.75, 3.05) is 0 Å². The number of allylic oxidation sites excluding steroid dienone is 1. The molecule has 0 aliphatic heterocycles. The van der Waals surface area contributed by atoms with Gasteiger partial charge in [0.2, 0.25) is 0 Å². The van der Waals surface area contributed by atoms with Crippen molar-refractivity contribution in [3.8, 4) is 16.9 Å². The Morgan fingerprint density at radius 3 is 2.45 bits per heavy atom. The SMILES string of the molecule is Cc1ccc(-c2nn(-c3ccccc3)cc2/C=C/C(=O)c2cc3ccccc3oc2=O)cc1. The van der Waals surface area contributed by atoms with Crippen LogP contribution in [-0.2, 0) is 0 Å². The van der Waals surface area contributed by atoms with E-state index in [1.807, 2.05) is 73.8 Å². The van der Waals surface area contributed by atoms with Crippen molar-refractivity contribution in [1.82, 2.24) is 9.78 Å². The largest absolute Gasteiger partial charge is 0.422 e. The first-order chi connectivity index (χ1) is 16.1. The topological polar surface area (TPSA) is 65.1 Å². The molecule has 0 radical (unpaired) electrons. The fourth-order valence-corrected chi connectivity index (χ4v) is 3.65. The fraction of sp³-hybridized carbons (Fsp3) is 0.0357. The summed E-state index contributed by atoms with van der Waals surface area (Å²) in [5.41, 5.74) is 4.30. The Balaban J connectivity index is 1.55. The van der Waals surface area contributed by atoms with Gasteiger partial charge in [0.05, 0.1) is 11.4 Å². The van der Waals surface area contributed by atoms with Crippen molar-refractivity contribution >= 4 is 22.8 Å². The highest BCUT2D eigenvalue weighted by Crippen LogP contribution is 2.25. The molecule has 160 valence electrons. The molecule has 0 fully saturated rings. The van der Waals surface area contributed by atoms with Crippen molar-refractivity contribution in [3.63, 3.8) is 0 Å². The molecule has 2 heterocycles. The molecule has 0 amide bonds. The van der Waals surface area contributed by atoms with Gasteiger partial charge in [0.15, 0.2) is 5.78 Å². The predicted molar refractivity (Wildman–Crippen MR) is 130 cm³/mol. The number of nitrogens with zero attached hydrogens (tertiary/aromatic N) is 2. The lowest BCUT2D eigenvalue weighted by Crippen LogP contribution is -2.11. The van der Waals surface area contributed by atoms with Gasteiger partial charge < -0.3 is 4.42 Å². The number of rotatable bonds is 5. The number of ketones is 1. The Hall–Kier alpha value is -4.51. The average Bonchev–Trinajstić information content (AvgIpc) is 3.27. The zero-order valence-corrected chi connectivity index (χ0v) is 17.9. The Morgan fingerprint density at radius 1 is 0.939 bits per heavy atom. The van der Waals surface area contributed by atoms with Gasteiger partial charge in [-0.1, -0.05) is 66.2 Å². The van der Waals surface area contributed by atoms with E-state index in [1.165, 1.54) is 6.08 Å². The van der Waals surface area contributed by atoms with Crippen molar-refractivity contribution in [2.24, 2.45) is 0 Å². The van der Waals surface area contributed by atoms with E-state index in [4.69, 9.17) is 9.52 Å². The van der Waals surface area contributed by atoms with E-state index in [2.05, 4.69) is 0 Å². The molecule has 0 aliphatic rings. The van der Waals surface area contributed by atoms with Crippen molar-refractivity contribution in [3.05, 3.63) is 124 Å². The number of hydrogen-bond acceptors (Lipinski definition) is 4. The summed E-state index contributed by atoms with van der Waals surface area (Å²) in [5.74, 6) is -0.420. The van der Waals surface area contributed by atoms with Crippen LogP contribution in [0.15, 0.2) is 106 Å². The summed E-state index contributed by atoms with van der Waals surface area (Å²) in [6.07, 6.45) is 4.96. The third kappa shape index (κ3) is 4.16. The van der Waals surface area contributed by atoms with Gasteiger partial charge in [-0.15, -0.1) is 0 Å². The highest BCUT2D eigenvalue weighted by molar-refractivity contribution is 6.08. The van der Waals surface area contributed by atoms with Gasteiger partial charge in [-0.05, 0) is 43.3 Å². The molecule has 0 saturated carbocycles. The maximum atomic E-state index is 12.9. The molecule has 5 nitrogen and oxygen atoms in total. The Bertz CT molecular complexity index is 1540. The van der Waals surface area contributed by atoms with Gasteiger partial charge in [0, 0.05) is 22.7 Å². The maximum Gasteiger partial charge on any atom is 0.347 e. The second-order valence-electron chi connectivity index (χ2n) is 7.76. The first-order valence-electron chi connectivity index (χ1n) is 10.6. The Labute approximate surface area is 190 Å². The molecule has 0 aliphatic carbocycles. The summed E-state index contributed by atoms with van der Waals surface area (Å²) < 4.78 is 7.09. The molecule has 0 spiro atoms. The normalized spacial score (nSPS) is 11.3. The number of hydrogen-bond donors (Lipinski definition) is 0. The predicted octanol–water partition coefficient (Wildman–Crippen LogP) is 5.85. The molecular weight excluding hydrogens is 412 g/mol. The standard InChI is InChI=1S/C28H20N2O3/c1-19-11-13-20(14-12-19)27-22(18-30(29-27)23-8-3-2-4-9-23)15-16-25(31)24-17-21-7-5-6-10-26(21)33-28(24)32/h2-18H,1H3/b16-15+. The van der Waals surface area contributed by atoms with E-state index in [0.717, 1.165) is 28.1 Å². The van der Waals surface area contributed by atoms with Crippen molar-refractivity contribution < 1.29 is 9.21 Å². The average molecular weight is 432 g/mol. The van der Waals surface area contributed by atoms with E-state index in [-0.39, 0.29) is 5.56 Å². The number of benzene rings is 3. The minimum absolute atomic E-state index is 0.00251. The van der Waals surface area contributed by atoms with Crippen LogP contribution in [0.2, 0.25) is 0 Å². The summed E-state index contributed by atoms with van der Waals surface area (Å²) in [6, 6.07) is 26.5. The molecule has 5 rings (SSSR count). The lowest BCUT2D eigenvalue weighted by molar-refractivity contribution is 0.104. The van der Waals surface area contributed by atoms with Crippen LogP contribution in [-0.4, -0.2) is 15.6 Å². The lowest BCUT2D eigenvalue weighted by Gasteiger charge is -2.01. The summed E-state index contributed by atoms with van der Waals surface area (Å²) in [5, 5.41) is 5.46. The smallest absolute Gasteiger partial charge is 0.347 e.